The molecule has 0 radical (unpaired) electrons. The van der Waals surface area contributed by atoms with Crippen LogP contribution in [0, 0.1) is 12.8 Å². The summed E-state index contributed by atoms with van der Waals surface area (Å²) in [5.74, 6) is 0.000453. The second kappa shape index (κ2) is 8.84. The molecule has 1 aliphatic rings. The predicted octanol–water partition coefficient (Wildman–Crippen LogP) is 0.408. The van der Waals surface area contributed by atoms with Gasteiger partial charge < -0.3 is 25.7 Å². The SMILES string of the molecule is Cc1occc1C(=O)NC1CCN(C(=O)CNC(=O)[C@@H](N)C(C)C)CC1. The average molecular weight is 364 g/mol. The quantitative estimate of drug-likeness (QED) is 0.676. The molecule has 0 unspecified atom stereocenters. The van der Waals surface area contributed by atoms with Gasteiger partial charge in [0.25, 0.3) is 5.91 Å². The van der Waals surface area contributed by atoms with Gasteiger partial charge in [-0.2, -0.15) is 0 Å². The van der Waals surface area contributed by atoms with Gasteiger partial charge in [-0.1, -0.05) is 13.8 Å². The minimum atomic E-state index is -0.616. The second-order valence-electron chi connectivity index (χ2n) is 7.01. The van der Waals surface area contributed by atoms with Crippen LogP contribution in [0.15, 0.2) is 16.7 Å². The predicted molar refractivity (Wildman–Crippen MR) is 96.3 cm³/mol. The minimum Gasteiger partial charge on any atom is -0.469 e. The van der Waals surface area contributed by atoms with E-state index in [1.807, 2.05) is 13.8 Å². The van der Waals surface area contributed by atoms with Crippen LogP contribution in [0.5, 0.6) is 0 Å². The molecular formula is C18H28N4O4. The standard InChI is InChI=1S/C18H28N4O4/c1-11(2)16(19)18(25)20-10-15(23)22-7-4-13(5-8-22)21-17(24)14-6-9-26-12(14)3/h6,9,11,13,16H,4-5,7-8,10,19H2,1-3H3,(H,20,25)(H,21,24)/t16-/m0/s1. The van der Waals surface area contributed by atoms with E-state index in [1.54, 1.807) is 17.9 Å². The lowest BCUT2D eigenvalue weighted by Crippen LogP contribution is -2.51. The number of furan rings is 1. The number of rotatable bonds is 6. The molecule has 2 rings (SSSR count). The summed E-state index contributed by atoms with van der Waals surface area (Å²) in [6.45, 7) is 6.49. The molecule has 0 bridgehead atoms. The van der Waals surface area contributed by atoms with Gasteiger partial charge in [0.05, 0.1) is 24.4 Å². The van der Waals surface area contributed by atoms with Crippen LogP contribution in [0.4, 0.5) is 0 Å². The number of likely N-dealkylation sites (tertiary alicyclic amines) is 1. The van der Waals surface area contributed by atoms with Crippen molar-refractivity contribution in [2.75, 3.05) is 19.6 Å². The van der Waals surface area contributed by atoms with Crippen molar-refractivity contribution in [1.29, 1.82) is 0 Å². The topological polar surface area (TPSA) is 118 Å². The molecule has 1 aromatic heterocycles. The number of carbonyl (C=O) groups excluding carboxylic acids is 3. The first-order valence-corrected chi connectivity index (χ1v) is 8.95. The number of nitrogens with one attached hydrogen (secondary N) is 2. The van der Waals surface area contributed by atoms with E-state index in [9.17, 15) is 14.4 Å². The van der Waals surface area contributed by atoms with E-state index in [0.717, 1.165) is 0 Å². The van der Waals surface area contributed by atoms with Crippen molar-refractivity contribution in [2.45, 2.75) is 45.7 Å². The average Bonchev–Trinajstić information content (AvgIpc) is 3.05. The third kappa shape index (κ3) is 5.08. The summed E-state index contributed by atoms with van der Waals surface area (Å²) in [4.78, 5) is 37.9. The van der Waals surface area contributed by atoms with E-state index in [2.05, 4.69) is 10.6 Å². The van der Waals surface area contributed by atoms with Crippen molar-refractivity contribution < 1.29 is 18.8 Å². The van der Waals surface area contributed by atoms with Crippen LogP contribution in [0.25, 0.3) is 0 Å². The number of piperidine rings is 1. The van der Waals surface area contributed by atoms with Gasteiger partial charge in [-0.05, 0) is 31.7 Å². The number of hydrogen-bond acceptors (Lipinski definition) is 5. The Labute approximate surface area is 153 Å². The van der Waals surface area contributed by atoms with Crippen molar-refractivity contribution in [3.05, 3.63) is 23.7 Å². The summed E-state index contributed by atoms with van der Waals surface area (Å²) >= 11 is 0. The molecule has 8 heteroatoms. The van der Waals surface area contributed by atoms with Crippen molar-refractivity contribution in [2.24, 2.45) is 11.7 Å². The summed E-state index contributed by atoms with van der Waals surface area (Å²) in [6, 6.07) is 1.05. The molecule has 26 heavy (non-hydrogen) atoms. The first kappa shape index (κ1) is 20.0. The number of amides is 3. The Morgan fingerprint density at radius 2 is 1.96 bits per heavy atom. The third-order valence-corrected chi connectivity index (χ3v) is 4.72. The van der Waals surface area contributed by atoms with Gasteiger partial charge in [-0.25, -0.2) is 0 Å². The van der Waals surface area contributed by atoms with Gasteiger partial charge in [0.15, 0.2) is 0 Å². The largest absolute Gasteiger partial charge is 0.469 e. The molecule has 0 aromatic carbocycles. The van der Waals surface area contributed by atoms with Crippen LogP contribution >= 0.6 is 0 Å². The van der Waals surface area contributed by atoms with Crippen molar-refractivity contribution >= 4 is 17.7 Å². The molecule has 0 aliphatic carbocycles. The van der Waals surface area contributed by atoms with E-state index >= 15 is 0 Å². The number of hydrogen-bond donors (Lipinski definition) is 3. The van der Waals surface area contributed by atoms with E-state index in [-0.39, 0.29) is 36.2 Å². The lowest BCUT2D eigenvalue weighted by molar-refractivity contribution is -0.134. The zero-order valence-corrected chi connectivity index (χ0v) is 15.6. The zero-order valence-electron chi connectivity index (χ0n) is 15.6. The lowest BCUT2D eigenvalue weighted by Gasteiger charge is -2.32. The fourth-order valence-corrected chi connectivity index (χ4v) is 2.85. The van der Waals surface area contributed by atoms with Gasteiger partial charge in [0.2, 0.25) is 11.8 Å². The molecule has 1 aliphatic heterocycles. The van der Waals surface area contributed by atoms with Gasteiger partial charge in [0, 0.05) is 19.1 Å². The molecule has 1 fully saturated rings. The zero-order chi connectivity index (χ0) is 19.3. The molecule has 1 aromatic rings. The van der Waals surface area contributed by atoms with Gasteiger partial charge >= 0.3 is 0 Å². The van der Waals surface area contributed by atoms with E-state index in [4.69, 9.17) is 10.2 Å². The summed E-state index contributed by atoms with van der Waals surface area (Å²) in [5.41, 5.74) is 6.29. The maximum atomic E-state index is 12.2. The fraction of sp³-hybridized carbons (Fsp3) is 0.611. The molecule has 1 atom stereocenters. The Morgan fingerprint density at radius 3 is 2.50 bits per heavy atom. The molecule has 2 heterocycles. The highest BCUT2D eigenvalue weighted by molar-refractivity contribution is 5.95. The van der Waals surface area contributed by atoms with Crippen molar-refractivity contribution in [1.82, 2.24) is 15.5 Å². The third-order valence-electron chi connectivity index (χ3n) is 4.72. The lowest BCUT2D eigenvalue weighted by atomic mass is 10.0. The minimum absolute atomic E-state index is 0.0170. The highest BCUT2D eigenvalue weighted by atomic mass is 16.3. The molecule has 0 saturated carbocycles. The van der Waals surface area contributed by atoms with E-state index in [1.165, 1.54) is 6.26 Å². The van der Waals surface area contributed by atoms with Crippen LogP contribution < -0.4 is 16.4 Å². The number of nitrogens with two attached hydrogens (primary N) is 1. The normalized spacial score (nSPS) is 16.4. The van der Waals surface area contributed by atoms with Gasteiger partial charge in [-0.15, -0.1) is 0 Å². The Kier molecular flexibility index (Phi) is 6.79. The Balaban J connectivity index is 1.74. The first-order valence-electron chi connectivity index (χ1n) is 8.95. The maximum absolute atomic E-state index is 12.2. The molecule has 3 amide bonds. The van der Waals surface area contributed by atoms with E-state index < -0.39 is 6.04 Å². The summed E-state index contributed by atoms with van der Waals surface area (Å²) in [6.07, 6.45) is 2.84. The fourth-order valence-electron chi connectivity index (χ4n) is 2.85. The first-order chi connectivity index (χ1) is 12.3. The number of aryl methyl sites for hydroxylation is 1. The monoisotopic (exact) mass is 364 g/mol. The summed E-state index contributed by atoms with van der Waals surface area (Å²) < 4.78 is 5.14. The summed E-state index contributed by atoms with van der Waals surface area (Å²) in [5, 5.41) is 5.57. The molecule has 144 valence electrons. The number of nitrogens with zero attached hydrogens (tertiary/aromatic N) is 1. The maximum Gasteiger partial charge on any atom is 0.255 e. The highest BCUT2D eigenvalue weighted by Crippen LogP contribution is 2.13. The Hall–Kier alpha value is -2.35. The van der Waals surface area contributed by atoms with Crippen molar-refractivity contribution in [3.8, 4) is 0 Å². The highest BCUT2D eigenvalue weighted by Gasteiger charge is 2.25. The van der Waals surface area contributed by atoms with Crippen LogP contribution in [0.2, 0.25) is 0 Å². The van der Waals surface area contributed by atoms with Crippen LogP contribution in [-0.4, -0.2) is 54.3 Å². The second-order valence-corrected chi connectivity index (χ2v) is 7.01. The Bertz CT molecular complexity index is 647. The molecule has 8 nitrogen and oxygen atoms in total. The van der Waals surface area contributed by atoms with Gasteiger partial charge in [0.1, 0.15) is 5.76 Å². The smallest absolute Gasteiger partial charge is 0.255 e. The molecular weight excluding hydrogens is 336 g/mol. The van der Waals surface area contributed by atoms with Crippen LogP contribution in [0.1, 0.15) is 42.8 Å². The molecule has 0 spiro atoms. The van der Waals surface area contributed by atoms with Crippen LogP contribution in [-0.2, 0) is 9.59 Å². The molecule has 1 saturated heterocycles. The number of carbonyl (C=O) groups is 3. The molecule has 4 N–H and O–H groups in total. The summed E-state index contributed by atoms with van der Waals surface area (Å²) in [7, 11) is 0. The van der Waals surface area contributed by atoms with Crippen molar-refractivity contribution in [3.63, 3.8) is 0 Å². The van der Waals surface area contributed by atoms with Gasteiger partial charge in [-0.3, -0.25) is 14.4 Å². The van der Waals surface area contributed by atoms with E-state index in [0.29, 0.717) is 37.3 Å². The Morgan fingerprint density at radius 1 is 1.31 bits per heavy atom. The van der Waals surface area contributed by atoms with Crippen LogP contribution in [0.3, 0.4) is 0 Å².